The van der Waals surface area contributed by atoms with Gasteiger partial charge in [-0.15, -0.1) is 0 Å². The summed E-state index contributed by atoms with van der Waals surface area (Å²) in [6.45, 7) is 0. The molecular formula is C18H19ClN4O5S. The Morgan fingerprint density at radius 3 is 2.28 bits per heavy atom. The standard InChI is InChI=1S/C12H11ClN2S.C6H8N2O5/c13-11-6-5-8(7-16-12(14)15)9-3-1-2-4-10(9)11;9-6-2-1-4(7(10)11)3-5(6)8(12)13/h1-6H,7H2,(H3,14,15);1-3,7-10,12H. The molecule has 0 radical (unpaired) electrons. The zero-order chi connectivity index (χ0) is 21.6. The fourth-order valence-electron chi connectivity index (χ4n) is 2.45. The summed E-state index contributed by atoms with van der Waals surface area (Å²) in [5.74, 6) is 0.255. The number of halogens is 1. The number of hydrogen-bond donors (Lipinski definition) is 7. The molecule has 11 heteroatoms. The van der Waals surface area contributed by atoms with Crippen molar-refractivity contribution in [1.29, 1.82) is 5.41 Å². The first kappa shape index (κ1) is 22.9. The zero-order valence-corrected chi connectivity index (χ0v) is 16.5. The van der Waals surface area contributed by atoms with Gasteiger partial charge >= 0.3 is 0 Å². The van der Waals surface area contributed by atoms with Crippen molar-refractivity contribution in [1.82, 2.24) is 0 Å². The number of thioether (sulfide) groups is 1. The molecule has 0 bridgehead atoms. The van der Waals surface area contributed by atoms with Crippen LogP contribution in [0.2, 0.25) is 5.02 Å². The Morgan fingerprint density at radius 1 is 1.03 bits per heavy atom. The third kappa shape index (κ3) is 6.29. The highest BCUT2D eigenvalue weighted by Gasteiger charge is 2.12. The molecule has 0 aromatic heterocycles. The Morgan fingerprint density at radius 2 is 1.69 bits per heavy atom. The van der Waals surface area contributed by atoms with Crippen LogP contribution in [0.15, 0.2) is 54.6 Å². The molecule has 8 N–H and O–H groups in total. The molecule has 29 heavy (non-hydrogen) atoms. The highest BCUT2D eigenvalue weighted by molar-refractivity contribution is 8.13. The normalized spacial score (nSPS) is 12.7. The maximum Gasteiger partial charge on any atom is 0.212 e. The van der Waals surface area contributed by atoms with Crippen LogP contribution in [0.1, 0.15) is 5.56 Å². The van der Waals surface area contributed by atoms with E-state index in [0.29, 0.717) is 5.75 Å². The van der Waals surface area contributed by atoms with E-state index in [-0.39, 0.29) is 10.9 Å². The summed E-state index contributed by atoms with van der Waals surface area (Å²) in [7, 11) is 0. The SMILES string of the molecule is N=C(N)SCc1ccc(Cl)c2ccccc12.[O-][NH+](O)c1ccc(O)c([NH+]([O-])O)c1. The summed E-state index contributed by atoms with van der Waals surface area (Å²) in [5, 5.41) is 54.6. The quantitative estimate of drug-likeness (QED) is 0.107. The average molecular weight is 439 g/mol. The molecule has 0 fully saturated rings. The van der Waals surface area contributed by atoms with E-state index in [9.17, 15) is 10.4 Å². The van der Waals surface area contributed by atoms with Gasteiger partial charge in [0.2, 0.25) is 5.69 Å². The topological polar surface area (TPSA) is 166 Å². The third-order valence-corrected chi connectivity index (χ3v) is 4.91. The van der Waals surface area contributed by atoms with Crippen molar-refractivity contribution in [2.75, 3.05) is 0 Å². The summed E-state index contributed by atoms with van der Waals surface area (Å²) in [6, 6.07) is 14.9. The van der Waals surface area contributed by atoms with E-state index < -0.39 is 21.9 Å². The van der Waals surface area contributed by atoms with E-state index in [1.807, 2.05) is 36.4 Å². The number of aromatic hydroxyl groups is 1. The van der Waals surface area contributed by atoms with Crippen LogP contribution < -0.4 is 16.2 Å². The molecule has 0 aliphatic rings. The first-order chi connectivity index (χ1) is 13.7. The molecule has 0 saturated carbocycles. The molecule has 0 aliphatic carbocycles. The van der Waals surface area contributed by atoms with Gasteiger partial charge in [-0.2, -0.15) is 10.5 Å². The van der Waals surface area contributed by atoms with E-state index >= 15 is 0 Å². The van der Waals surface area contributed by atoms with Crippen LogP contribution in [-0.4, -0.2) is 20.7 Å². The van der Waals surface area contributed by atoms with E-state index in [1.54, 1.807) is 0 Å². The second kappa shape index (κ2) is 10.4. The number of phenolic OH excluding ortho intramolecular Hbond substituents is 1. The fourth-order valence-corrected chi connectivity index (χ4v) is 3.24. The van der Waals surface area contributed by atoms with Crippen LogP contribution in [0.25, 0.3) is 10.8 Å². The summed E-state index contributed by atoms with van der Waals surface area (Å²) in [6.07, 6.45) is 0. The number of nitrogens with two attached hydrogens (primary N) is 1. The van der Waals surface area contributed by atoms with Gasteiger partial charge in [0.15, 0.2) is 16.6 Å². The van der Waals surface area contributed by atoms with Gasteiger partial charge in [-0.05, 0) is 23.1 Å². The minimum Gasteiger partial charge on any atom is -0.595 e. The van der Waals surface area contributed by atoms with Crippen LogP contribution in [0.3, 0.4) is 0 Å². The molecule has 2 atom stereocenters. The average Bonchev–Trinajstić information content (AvgIpc) is 2.68. The minimum absolute atomic E-state index is 0.138. The fraction of sp³-hybridized carbons (Fsp3) is 0.0556. The van der Waals surface area contributed by atoms with Gasteiger partial charge in [-0.25, -0.2) is 10.4 Å². The third-order valence-electron chi connectivity index (χ3n) is 3.82. The number of amidine groups is 1. The van der Waals surface area contributed by atoms with E-state index in [1.165, 1.54) is 11.8 Å². The van der Waals surface area contributed by atoms with Gasteiger partial charge in [0, 0.05) is 22.2 Å². The van der Waals surface area contributed by atoms with Crippen LogP contribution in [-0.2, 0) is 5.75 Å². The lowest BCUT2D eigenvalue weighted by molar-refractivity contribution is -0.996. The van der Waals surface area contributed by atoms with Crippen molar-refractivity contribution < 1.29 is 26.0 Å². The number of quaternary nitrogens is 2. The molecule has 3 aromatic carbocycles. The van der Waals surface area contributed by atoms with E-state index in [2.05, 4.69) is 0 Å². The number of benzene rings is 3. The highest BCUT2D eigenvalue weighted by atomic mass is 35.5. The number of phenols is 1. The summed E-state index contributed by atoms with van der Waals surface area (Å²) >= 11 is 7.44. The number of hydrogen-bond acceptors (Lipinski definition) is 7. The predicted octanol–water partition coefficient (Wildman–Crippen LogP) is 1.82. The molecule has 0 heterocycles. The van der Waals surface area contributed by atoms with Crippen molar-refractivity contribution in [3.05, 3.63) is 75.6 Å². The predicted molar refractivity (Wildman–Crippen MR) is 112 cm³/mol. The molecular weight excluding hydrogens is 420 g/mol. The Labute approximate surface area is 175 Å². The second-order valence-corrected chi connectivity index (χ2v) is 7.17. The molecule has 154 valence electrons. The molecule has 9 nitrogen and oxygen atoms in total. The molecule has 0 saturated heterocycles. The molecule has 0 amide bonds. The number of rotatable bonds is 4. The zero-order valence-electron chi connectivity index (χ0n) is 14.9. The maximum absolute atomic E-state index is 10.4. The van der Waals surface area contributed by atoms with Crippen LogP contribution in [0.5, 0.6) is 5.75 Å². The van der Waals surface area contributed by atoms with Gasteiger partial charge in [0.05, 0.1) is 6.07 Å². The summed E-state index contributed by atoms with van der Waals surface area (Å²) in [5.41, 5.74) is 5.90. The van der Waals surface area contributed by atoms with Crippen molar-refractivity contribution >= 4 is 50.7 Å². The van der Waals surface area contributed by atoms with Gasteiger partial charge in [-0.1, -0.05) is 53.7 Å². The Bertz CT molecular complexity index is 1000. The van der Waals surface area contributed by atoms with Gasteiger partial charge in [-0.3, -0.25) is 5.41 Å². The monoisotopic (exact) mass is 438 g/mol. The summed E-state index contributed by atoms with van der Waals surface area (Å²) in [4.78, 5) is 0. The first-order valence-corrected chi connectivity index (χ1v) is 9.49. The maximum atomic E-state index is 10.4. The lowest BCUT2D eigenvalue weighted by atomic mass is 10.1. The lowest BCUT2D eigenvalue weighted by Gasteiger charge is -2.16. The first-order valence-electron chi connectivity index (χ1n) is 8.13. The Kier molecular flexibility index (Phi) is 8.20. The number of nitrogens with one attached hydrogen (secondary N) is 3. The molecule has 2 unspecified atom stereocenters. The highest BCUT2D eigenvalue weighted by Crippen LogP contribution is 2.28. The van der Waals surface area contributed by atoms with Crippen molar-refractivity contribution in [2.45, 2.75) is 5.75 Å². The van der Waals surface area contributed by atoms with Crippen LogP contribution in [0, 0.1) is 15.8 Å². The summed E-state index contributed by atoms with van der Waals surface area (Å²) < 4.78 is 0. The number of fused-ring (bicyclic) bond motifs is 1. The van der Waals surface area contributed by atoms with Gasteiger partial charge in [0.25, 0.3) is 0 Å². The smallest absolute Gasteiger partial charge is 0.212 e. The second-order valence-electron chi connectivity index (χ2n) is 5.75. The van der Waals surface area contributed by atoms with Gasteiger partial charge in [0.1, 0.15) is 0 Å². The molecule has 0 spiro atoms. The molecule has 0 aliphatic heterocycles. The Hall–Kier alpha value is -2.41. The van der Waals surface area contributed by atoms with Crippen molar-refractivity contribution in [2.24, 2.45) is 5.73 Å². The van der Waals surface area contributed by atoms with Crippen LogP contribution in [0.4, 0.5) is 11.4 Å². The Balaban J connectivity index is 0.000000212. The molecule has 3 aromatic rings. The largest absolute Gasteiger partial charge is 0.595 e. The minimum atomic E-state index is -1.36. The van der Waals surface area contributed by atoms with E-state index in [0.717, 1.165) is 39.6 Å². The van der Waals surface area contributed by atoms with E-state index in [4.69, 9.17) is 38.3 Å². The van der Waals surface area contributed by atoms with Crippen molar-refractivity contribution in [3.63, 3.8) is 0 Å². The lowest BCUT2D eigenvalue weighted by Crippen LogP contribution is -3.00. The van der Waals surface area contributed by atoms with Gasteiger partial charge < -0.3 is 21.3 Å². The molecule has 3 rings (SSSR count). The van der Waals surface area contributed by atoms with Crippen LogP contribution >= 0.6 is 23.4 Å². The van der Waals surface area contributed by atoms with Crippen molar-refractivity contribution in [3.8, 4) is 5.75 Å².